The summed E-state index contributed by atoms with van der Waals surface area (Å²) in [7, 11) is 1.56. The van der Waals surface area contributed by atoms with Gasteiger partial charge in [-0.1, -0.05) is 12.1 Å². The molecule has 7 nitrogen and oxygen atoms in total. The highest BCUT2D eigenvalue weighted by Crippen LogP contribution is 2.25. The molecule has 0 fully saturated rings. The van der Waals surface area contributed by atoms with Gasteiger partial charge < -0.3 is 19.4 Å². The number of rotatable bonds is 7. The van der Waals surface area contributed by atoms with Crippen LogP contribution in [-0.4, -0.2) is 34.4 Å². The van der Waals surface area contributed by atoms with Gasteiger partial charge in [-0.15, -0.1) is 10.2 Å². The number of nitrogens with one attached hydrogen (secondary N) is 1. The zero-order valence-corrected chi connectivity index (χ0v) is 12.9. The number of carbonyl (C=O) groups is 1. The molecule has 7 heteroatoms. The lowest BCUT2D eigenvalue weighted by Gasteiger charge is -2.15. The van der Waals surface area contributed by atoms with Crippen molar-refractivity contribution >= 4 is 5.91 Å². The highest BCUT2D eigenvalue weighted by atomic mass is 16.5. The molecule has 2 aromatic rings. The Morgan fingerprint density at radius 1 is 1.36 bits per heavy atom. The minimum absolute atomic E-state index is 0.0923. The van der Waals surface area contributed by atoms with Crippen molar-refractivity contribution < 1.29 is 14.3 Å². The maximum Gasteiger partial charge on any atom is 0.258 e. The van der Waals surface area contributed by atoms with Crippen molar-refractivity contribution in [3.63, 3.8) is 0 Å². The Balaban J connectivity index is 1.90. The zero-order chi connectivity index (χ0) is 15.9. The second-order valence-electron chi connectivity index (χ2n) is 4.70. The number of amides is 1. The minimum Gasteiger partial charge on any atom is -0.493 e. The van der Waals surface area contributed by atoms with Crippen LogP contribution in [0, 0.1) is 0 Å². The van der Waals surface area contributed by atoms with Crippen LogP contribution in [0.4, 0.5) is 0 Å². The number of aryl methyl sites for hydroxylation is 1. The summed E-state index contributed by atoms with van der Waals surface area (Å²) in [6.07, 6.45) is 1.64. The summed E-state index contributed by atoms with van der Waals surface area (Å²) in [5.41, 5.74) is 0. The molecule has 0 saturated heterocycles. The van der Waals surface area contributed by atoms with Gasteiger partial charge in [0.1, 0.15) is 6.33 Å². The van der Waals surface area contributed by atoms with Crippen LogP contribution in [0.15, 0.2) is 30.6 Å². The van der Waals surface area contributed by atoms with Crippen LogP contribution < -0.4 is 14.8 Å². The van der Waals surface area contributed by atoms with Gasteiger partial charge in [0.15, 0.2) is 23.9 Å². The van der Waals surface area contributed by atoms with Crippen molar-refractivity contribution in [2.75, 3.05) is 13.7 Å². The Morgan fingerprint density at radius 3 is 2.77 bits per heavy atom. The summed E-state index contributed by atoms with van der Waals surface area (Å²) in [6, 6.07) is 6.95. The van der Waals surface area contributed by atoms with E-state index in [0.29, 0.717) is 17.3 Å². The molecule has 1 aromatic heterocycles. The lowest BCUT2D eigenvalue weighted by molar-refractivity contribution is -0.123. The summed E-state index contributed by atoms with van der Waals surface area (Å²) in [5, 5.41) is 10.7. The summed E-state index contributed by atoms with van der Waals surface area (Å²) in [5.74, 6) is 1.61. The maximum absolute atomic E-state index is 12.0. The number of nitrogens with zero attached hydrogens (tertiary/aromatic N) is 3. The fourth-order valence-corrected chi connectivity index (χ4v) is 2.07. The van der Waals surface area contributed by atoms with Crippen molar-refractivity contribution in [2.24, 2.45) is 0 Å². The predicted molar refractivity (Wildman–Crippen MR) is 80.7 cm³/mol. The van der Waals surface area contributed by atoms with Crippen molar-refractivity contribution in [2.45, 2.75) is 26.4 Å². The predicted octanol–water partition coefficient (Wildman–Crippen LogP) is 1.56. The topological polar surface area (TPSA) is 78.3 Å². The van der Waals surface area contributed by atoms with Crippen molar-refractivity contribution in [3.8, 4) is 11.5 Å². The standard InChI is InChI=1S/C15H20N4O3/c1-4-19-10-16-18-15(19)11(2)17-14(20)9-22-13-8-6-5-7-12(13)21-3/h5-8,10-11H,4,9H2,1-3H3,(H,17,20)/t11-/m0/s1. The Hall–Kier alpha value is -2.57. The van der Waals surface area contributed by atoms with Crippen LogP contribution in [0.5, 0.6) is 11.5 Å². The molecule has 22 heavy (non-hydrogen) atoms. The van der Waals surface area contributed by atoms with Crippen LogP contribution in [0.25, 0.3) is 0 Å². The Kier molecular flexibility index (Phi) is 5.35. The smallest absolute Gasteiger partial charge is 0.258 e. The first-order valence-corrected chi connectivity index (χ1v) is 7.08. The number of ether oxygens (including phenoxy) is 2. The largest absolute Gasteiger partial charge is 0.493 e. The summed E-state index contributed by atoms with van der Waals surface area (Å²) in [6.45, 7) is 4.51. The minimum atomic E-state index is -0.240. The Morgan fingerprint density at radius 2 is 2.09 bits per heavy atom. The highest BCUT2D eigenvalue weighted by molar-refractivity contribution is 5.78. The van der Waals surface area contributed by atoms with Crippen LogP contribution in [0.3, 0.4) is 0 Å². The summed E-state index contributed by atoms with van der Waals surface area (Å²) < 4.78 is 12.5. The van der Waals surface area contributed by atoms with Crippen molar-refractivity contribution in [1.29, 1.82) is 0 Å². The molecule has 1 aromatic carbocycles. The normalized spacial score (nSPS) is 11.8. The quantitative estimate of drug-likeness (QED) is 0.840. The second kappa shape index (κ2) is 7.44. The number of para-hydroxylation sites is 2. The third-order valence-corrected chi connectivity index (χ3v) is 3.18. The molecule has 2 rings (SSSR count). The van der Waals surface area contributed by atoms with Gasteiger partial charge >= 0.3 is 0 Å². The highest BCUT2D eigenvalue weighted by Gasteiger charge is 2.15. The molecular weight excluding hydrogens is 284 g/mol. The van der Waals surface area contributed by atoms with E-state index in [1.165, 1.54) is 0 Å². The molecule has 1 N–H and O–H groups in total. The number of aromatic nitrogens is 3. The molecule has 118 valence electrons. The first-order valence-electron chi connectivity index (χ1n) is 7.08. The van der Waals surface area contributed by atoms with Gasteiger partial charge in [0.25, 0.3) is 5.91 Å². The van der Waals surface area contributed by atoms with Gasteiger partial charge in [0, 0.05) is 6.54 Å². The van der Waals surface area contributed by atoms with Gasteiger partial charge in [-0.3, -0.25) is 4.79 Å². The third kappa shape index (κ3) is 3.75. The molecule has 0 aliphatic heterocycles. The van der Waals surface area contributed by atoms with E-state index in [1.807, 2.05) is 30.5 Å². The fraction of sp³-hybridized carbons (Fsp3) is 0.400. The van der Waals surface area contributed by atoms with Gasteiger partial charge in [0.05, 0.1) is 13.2 Å². The van der Waals surface area contributed by atoms with Crippen molar-refractivity contribution in [3.05, 3.63) is 36.4 Å². The summed E-state index contributed by atoms with van der Waals surface area (Å²) in [4.78, 5) is 12.0. The first-order chi connectivity index (χ1) is 10.7. The van der Waals surface area contributed by atoms with Crippen LogP contribution in [-0.2, 0) is 11.3 Å². The lowest BCUT2D eigenvalue weighted by Crippen LogP contribution is -2.32. The van der Waals surface area contributed by atoms with Gasteiger partial charge in [-0.05, 0) is 26.0 Å². The molecule has 0 radical (unpaired) electrons. The molecule has 0 unspecified atom stereocenters. The molecule has 1 heterocycles. The van der Waals surface area contributed by atoms with Crippen LogP contribution in [0.2, 0.25) is 0 Å². The van der Waals surface area contributed by atoms with Crippen LogP contribution >= 0.6 is 0 Å². The molecule has 0 bridgehead atoms. The second-order valence-corrected chi connectivity index (χ2v) is 4.70. The van der Waals surface area contributed by atoms with E-state index in [-0.39, 0.29) is 18.6 Å². The van der Waals surface area contributed by atoms with Crippen molar-refractivity contribution in [1.82, 2.24) is 20.1 Å². The van der Waals surface area contributed by atoms with E-state index in [1.54, 1.807) is 25.6 Å². The Bertz CT molecular complexity index is 627. The first kappa shape index (κ1) is 15.8. The fourth-order valence-electron chi connectivity index (χ4n) is 2.07. The molecule has 0 saturated carbocycles. The maximum atomic E-state index is 12.0. The number of hydrogen-bond donors (Lipinski definition) is 1. The molecule has 1 amide bonds. The van der Waals surface area contributed by atoms with Gasteiger partial charge in [-0.2, -0.15) is 0 Å². The van der Waals surface area contributed by atoms with Crippen LogP contribution in [0.1, 0.15) is 25.7 Å². The number of benzene rings is 1. The average molecular weight is 304 g/mol. The molecule has 0 spiro atoms. The number of hydrogen-bond acceptors (Lipinski definition) is 5. The monoisotopic (exact) mass is 304 g/mol. The van der Waals surface area contributed by atoms with E-state index in [2.05, 4.69) is 15.5 Å². The van der Waals surface area contributed by atoms with E-state index >= 15 is 0 Å². The molecule has 0 aliphatic rings. The van der Waals surface area contributed by atoms with Gasteiger partial charge in [0.2, 0.25) is 0 Å². The molecule has 0 aliphatic carbocycles. The Labute approximate surface area is 129 Å². The van der Waals surface area contributed by atoms with Gasteiger partial charge in [-0.25, -0.2) is 0 Å². The zero-order valence-electron chi connectivity index (χ0n) is 12.9. The molecular formula is C15H20N4O3. The summed E-state index contributed by atoms with van der Waals surface area (Å²) >= 11 is 0. The van der Waals surface area contributed by atoms with E-state index in [9.17, 15) is 4.79 Å². The van der Waals surface area contributed by atoms with E-state index in [4.69, 9.17) is 9.47 Å². The SMILES string of the molecule is CCn1cnnc1[C@H](C)NC(=O)COc1ccccc1OC. The van der Waals surface area contributed by atoms with E-state index < -0.39 is 0 Å². The number of carbonyl (C=O) groups excluding carboxylic acids is 1. The number of methoxy groups -OCH3 is 1. The lowest BCUT2D eigenvalue weighted by atomic mass is 10.3. The van der Waals surface area contributed by atoms with E-state index in [0.717, 1.165) is 6.54 Å². The average Bonchev–Trinajstić information content (AvgIpc) is 3.01. The third-order valence-electron chi connectivity index (χ3n) is 3.18. The molecule has 1 atom stereocenters.